The van der Waals surface area contributed by atoms with Crippen LogP contribution in [0.15, 0.2) is 24.4 Å². The first-order chi connectivity index (χ1) is 10.4. The van der Waals surface area contributed by atoms with Crippen molar-refractivity contribution in [3.05, 3.63) is 30.1 Å². The summed E-state index contributed by atoms with van der Waals surface area (Å²) in [5.41, 5.74) is -0.000500. The summed E-state index contributed by atoms with van der Waals surface area (Å²) in [4.78, 5) is 18.5. The van der Waals surface area contributed by atoms with E-state index >= 15 is 0 Å². The maximum atomic E-state index is 12.6. The summed E-state index contributed by atoms with van der Waals surface area (Å²) in [6.07, 6.45) is 6.20. The zero-order valence-corrected chi connectivity index (χ0v) is 13.6. The zero-order chi connectivity index (χ0) is 15.8. The minimum atomic E-state index is -3.24. The van der Waals surface area contributed by atoms with Gasteiger partial charge in [-0.15, -0.1) is 0 Å². The molecule has 1 spiro atoms. The van der Waals surface area contributed by atoms with Crippen LogP contribution in [-0.4, -0.2) is 59.9 Å². The molecule has 120 valence electrons. The lowest BCUT2D eigenvalue weighted by atomic mass is 9.87. The fourth-order valence-electron chi connectivity index (χ4n) is 3.78. The Morgan fingerprint density at radius 2 is 1.95 bits per heavy atom. The van der Waals surface area contributed by atoms with E-state index in [-0.39, 0.29) is 5.91 Å². The van der Waals surface area contributed by atoms with E-state index in [9.17, 15) is 13.2 Å². The summed E-state index contributed by atoms with van der Waals surface area (Å²) >= 11 is 0. The molecule has 0 saturated carbocycles. The molecule has 3 rings (SSSR count). The molecule has 0 bridgehead atoms. The Kier molecular flexibility index (Phi) is 3.94. The molecular weight excluding hydrogens is 302 g/mol. The SMILES string of the molecule is CS(=O)(=O)N1CCC[C@]12CCCN(C(=O)c1ccccn1)C2. The predicted molar refractivity (Wildman–Crippen MR) is 82.9 cm³/mol. The van der Waals surface area contributed by atoms with Gasteiger partial charge in [-0.25, -0.2) is 8.42 Å². The third kappa shape index (κ3) is 2.75. The molecule has 2 aliphatic rings. The van der Waals surface area contributed by atoms with Crippen LogP contribution in [0.1, 0.15) is 36.2 Å². The highest BCUT2D eigenvalue weighted by molar-refractivity contribution is 7.88. The summed E-state index contributed by atoms with van der Waals surface area (Å²) in [6.45, 7) is 1.69. The maximum Gasteiger partial charge on any atom is 0.272 e. The molecule has 7 heteroatoms. The molecule has 1 aromatic rings. The Balaban J connectivity index is 1.84. The Labute approximate surface area is 131 Å². The third-order valence-electron chi connectivity index (χ3n) is 4.66. The highest BCUT2D eigenvalue weighted by Crippen LogP contribution is 2.39. The maximum absolute atomic E-state index is 12.6. The van der Waals surface area contributed by atoms with Gasteiger partial charge in [-0.2, -0.15) is 4.31 Å². The average molecular weight is 323 g/mol. The Hall–Kier alpha value is -1.47. The molecule has 1 atom stereocenters. The van der Waals surface area contributed by atoms with Crippen LogP contribution in [0.2, 0.25) is 0 Å². The van der Waals surface area contributed by atoms with Crippen molar-refractivity contribution < 1.29 is 13.2 Å². The first kappa shape index (κ1) is 15.4. The number of aromatic nitrogens is 1. The largest absolute Gasteiger partial charge is 0.335 e. The highest BCUT2D eigenvalue weighted by Gasteiger charge is 2.48. The van der Waals surface area contributed by atoms with Crippen LogP contribution >= 0.6 is 0 Å². The first-order valence-electron chi connectivity index (χ1n) is 7.61. The molecule has 0 radical (unpaired) electrons. The lowest BCUT2D eigenvalue weighted by molar-refractivity contribution is 0.0519. The van der Waals surface area contributed by atoms with E-state index < -0.39 is 15.6 Å². The number of rotatable bonds is 2. The van der Waals surface area contributed by atoms with Crippen molar-refractivity contribution in [2.75, 3.05) is 25.9 Å². The second kappa shape index (κ2) is 5.62. The van der Waals surface area contributed by atoms with Crippen molar-refractivity contribution in [3.63, 3.8) is 0 Å². The minimum absolute atomic E-state index is 0.111. The summed E-state index contributed by atoms with van der Waals surface area (Å²) in [6, 6.07) is 5.27. The van der Waals surface area contributed by atoms with E-state index in [1.807, 2.05) is 0 Å². The number of carbonyl (C=O) groups excluding carboxylic acids is 1. The Bertz CT molecular complexity index is 662. The van der Waals surface area contributed by atoms with Gasteiger partial charge in [-0.05, 0) is 37.8 Å². The summed E-state index contributed by atoms with van der Waals surface area (Å²) < 4.78 is 25.7. The highest BCUT2D eigenvalue weighted by atomic mass is 32.2. The van der Waals surface area contributed by atoms with Crippen LogP contribution in [-0.2, 0) is 10.0 Å². The van der Waals surface area contributed by atoms with Gasteiger partial charge in [0.05, 0.1) is 11.8 Å². The van der Waals surface area contributed by atoms with Gasteiger partial charge in [0.25, 0.3) is 5.91 Å². The summed E-state index contributed by atoms with van der Waals surface area (Å²) in [7, 11) is -3.24. The molecular formula is C15H21N3O3S. The molecule has 0 aliphatic carbocycles. The number of amides is 1. The molecule has 1 aromatic heterocycles. The van der Waals surface area contributed by atoms with Gasteiger partial charge in [0.2, 0.25) is 10.0 Å². The second-order valence-electron chi connectivity index (χ2n) is 6.21. The third-order valence-corrected chi connectivity index (χ3v) is 6.03. The van der Waals surface area contributed by atoms with Crippen LogP contribution in [0.4, 0.5) is 0 Å². The molecule has 6 nitrogen and oxygen atoms in total. The number of likely N-dealkylation sites (tertiary alicyclic amines) is 1. The number of piperidine rings is 1. The van der Waals surface area contributed by atoms with Gasteiger partial charge in [0.1, 0.15) is 5.69 Å². The molecule has 0 unspecified atom stereocenters. The molecule has 1 amide bonds. The van der Waals surface area contributed by atoms with Crippen LogP contribution in [0.5, 0.6) is 0 Å². The van der Waals surface area contributed by atoms with E-state index in [2.05, 4.69) is 4.98 Å². The topological polar surface area (TPSA) is 70.6 Å². The molecule has 0 N–H and O–H groups in total. The molecule has 22 heavy (non-hydrogen) atoms. The van der Waals surface area contributed by atoms with Crippen molar-refractivity contribution in [1.82, 2.24) is 14.2 Å². The van der Waals surface area contributed by atoms with Crippen LogP contribution in [0.25, 0.3) is 0 Å². The van der Waals surface area contributed by atoms with E-state index in [4.69, 9.17) is 0 Å². The average Bonchev–Trinajstić information content (AvgIpc) is 2.90. The predicted octanol–water partition coefficient (Wildman–Crippen LogP) is 1.11. The van der Waals surface area contributed by atoms with Gasteiger partial charge in [-0.3, -0.25) is 9.78 Å². The normalized spacial score (nSPS) is 26.5. The lowest BCUT2D eigenvalue weighted by Crippen LogP contribution is -2.58. The Morgan fingerprint density at radius 3 is 2.59 bits per heavy atom. The number of sulfonamides is 1. The summed E-state index contributed by atoms with van der Waals surface area (Å²) in [5, 5.41) is 0. The molecule has 2 saturated heterocycles. The van der Waals surface area contributed by atoms with Crippen molar-refractivity contribution in [1.29, 1.82) is 0 Å². The molecule has 0 aromatic carbocycles. The van der Waals surface area contributed by atoms with E-state index in [1.54, 1.807) is 33.6 Å². The van der Waals surface area contributed by atoms with Gasteiger partial charge < -0.3 is 4.90 Å². The number of hydrogen-bond acceptors (Lipinski definition) is 4. The first-order valence-corrected chi connectivity index (χ1v) is 9.45. The van der Waals surface area contributed by atoms with Crippen molar-refractivity contribution in [2.45, 2.75) is 31.2 Å². The van der Waals surface area contributed by atoms with Crippen LogP contribution in [0, 0.1) is 0 Å². The smallest absolute Gasteiger partial charge is 0.272 e. The van der Waals surface area contributed by atoms with Gasteiger partial charge in [0, 0.05) is 25.8 Å². The van der Waals surface area contributed by atoms with Crippen molar-refractivity contribution in [2.24, 2.45) is 0 Å². The number of nitrogens with zero attached hydrogens (tertiary/aromatic N) is 3. The van der Waals surface area contributed by atoms with E-state index in [1.165, 1.54) is 6.26 Å². The fraction of sp³-hybridized carbons (Fsp3) is 0.600. The van der Waals surface area contributed by atoms with E-state index in [0.29, 0.717) is 25.3 Å². The lowest BCUT2D eigenvalue weighted by Gasteiger charge is -2.44. The zero-order valence-electron chi connectivity index (χ0n) is 12.7. The van der Waals surface area contributed by atoms with Crippen molar-refractivity contribution >= 4 is 15.9 Å². The number of pyridine rings is 1. The van der Waals surface area contributed by atoms with Crippen LogP contribution < -0.4 is 0 Å². The van der Waals surface area contributed by atoms with Gasteiger partial charge >= 0.3 is 0 Å². The van der Waals surface area contributed by atoms with Gasteiger partial charge in [0.15, 0.2) is 0 Å². The number of carbonyl (C=O) groups is 1. The number of hydrogen-bond donors (Lipinski definition) is 0. The summed E-state index contributed by atoms with van der Waals surface area (Å²) in [5.74, 6) is -0.111. The molecule has 2 aliphatic heterocycles. The minimum Gasteiger partial charge on any atom is -0.335 e. The standard InChI is InChI=1S/C15H21N3O3S/c1-22(20,21)18-11-5-8-15(18)7-4-10-17(12-15)14(19)13-6-2-3-9-16-13/h2-3,6,9H,4-5,7-8,10-12H2,1H3/t15-/m0/s1. The quantitative estimate of drug-likeness (QED) is 0.817. The van der Waals surface area contributed by atoms with Gasteiger partial charge in [-0.1, -0.05) is 6.07 Å². The molecule has 2 fully saturated rings. The second-order valence-corrected chi connectivity index (χ2v) is 8.12. The van der Waals surface area contributed by atoms with Crippen molar-refractivity contribution in [3.8, 4) is 0 Å². The van der Waals surface area contributed by atoms with Crippen LogP contribution in [0.3, 0.4) is 0 Å². The molecule has 3 heterocycles. The Morgan fingerprint density at radius 1 is 1.23 bits per heavy atom. The fourth-order valence-corrected chi connectivity index (χ4v) is 5.18. The monoisotopic (exact) mass is 323 g/mol. The van der Waals surface area contributed by atoms with E-state index in [0.717, 1.165) is 25.7 Å².